The number of rotatable bonds is 3. The Morgan fingerprint density at radius 3 is 2.74 bits per heavy atom. The van der Waals surface area contributed by atoms with Gasteiger partial charge in [0, 0.05) is 12.5 Å². The van der Waals surface area contributed by atoms with E-state index < -0.39 is 5.60 Å². The van der Waals surface area contributed by atoms with E-state index in [1.807, 2.05) is 24.3 Å². The minimum Gasteiger partial charge on any atom is -0.507 e. The highest BCUT2D eigenvalue weighted by Crippen LogP contribution is 2.35. The lowest BCUT2D eigenvalue weighted by molar-refractivity contribution is -0.0116. The highest BCUT2D eigenvalue weighted by atomic mass is 16.7. The van der Waals surface area contributed by atoms with Gasteiger partial charge in [0.15, 0.2) is 0 Å². The van der Waals surface area contributed by atoms with E-state index in [1.54, 1.807) is 12.1 Å². The Morgan fingerprint density at radius 1 is 1.21 bits per heavy atom. The van der Waals surface area contributed by atoms with Crippen molar-refractivity contribution < 1.29 is 14.6 Å². The van der Waals surface area contributed by atoms with E-state index in [2.05, 4.69) is 18.2 Å². The van der Waals surface area contributed by atoms with Crippen LogP contribution >= 0.6 is 0 Å². The fraction of sp³-hybridized carbons (Fsp3) is 0.250. The molecule has 1 aliphatic heterocycles. The lowest BCUT2D eigenvalue weighted by Gasteiger charge is -2.27. The third-order valence-corrected chi connectivity index (χ3v) is 3.40. The van der Waals surface area contributed by atoms with Crippen LogP contribution in [0.3, 0.4) is 0 Å². The summed E-state index contributed by atoms with van der Waals surface area (Å²) in [4.78, 5) is 0. The van der Waals surface area contributed by atoms with Gasteiger partial charge in [-0.25, -0.2) is 0 Å². The predicted molar refractivity (Wildman–Crippen MR) is 70.7 cm³/mol. The molecule has 0 bridgehead atoms. The molecule has 97 valence electrons. The smallest absolute Gasteiger partial charge is 0.148 e. The lowest BCUT2D eigenvalue weighted by atomic mass is 9.88. The molecule has 0 aromatic heterocycles. The van der Waals surface area contributed by atoms with Gasteiger partial charge in [-0.2, -0.15) is 0 Å². The Morgan fingerprint density at radius 2 is 2.05 bits per heavy atom. The summed E-state index contributed by atoms with van der Waals surface area (Å²) in [6, 6.07) is 18.2. The molecule has 1 atom stereocenters. The van der Waals surface area contributed by atoms with Crippen LogP contribution in [0.4, 0.5) is 0 Å². The van der Waals surface area contributed by atoms with Gasteiger partial charge in [-0.3, -0.25) is 0 Å². The molecular formula is C16H15O3. The molecule has 19 heavy (non-hydrogen) atoms. The Balaban J connectivity index is 1.95. The Bertz CT molecular complexity index is 545. The second-order valence-electron chi connectivity index (χ2n) is 4.73. The fourth-order valence-electron chi connectivity index (χ4n) is 2.44. The van der Waals surface area contributed by atoms with Crippen molar-refractivity contribution in [1.82, 2.24) is 0 Å². The van der Waals surface area contributed by atoms with Crippen molar-refractivity contribution in [2.24, 2.45) is 0 Å². The highest BCUT2D eigenvalue weighted by Gasteiger charge is 2.38. The van der Waals surface area contributed by atoms with E-state index in [1.165, 1.54) is 5.56 Å². The van der Waals surface area contributed by atoms with Crippen molar-refractivity contribution in [3.05, 3.63) is 65.7 Å². The van der Waals surface area contributed by atoms with Crippen molar-refractivity contribution in [2.75, 3.05) is 13.4 Å². The molecule has 3 nitrogen and oxygen atoms in total. The lowest BCUT2D eigenvalue weighted by Crippen LogP contribution is -2.31. The number of benzene rings is 2. The molecule has 0 saturated carbocycles. The summed E-state index contributed by atoms with van der Waals surface area (Å²) < 4.78 is 11.3. The van der Waals surface area contributed by atoms with Crippen LogP contribution in [0.5, 0.6) is 5.75 Å². The number of phenolic OH excluding ortho intramolecular Hbond substituents is 1. The van der Waals surface area contributed by atoms with Gasteiger partial charge in [-0.1, -0.05) is 42.5 Å². The van der Waals surface area contributed by atoms with Crippen LogP contribution in [0.2, 0.25) is 0 Å². The standard InChI is InChI=1S/C16H15O3/c17-15-8-4-7-14(9-15)16(11-18-12-19-16)10-13-5-2-1-3-6-13/h1-7,9,17H,10-12H2. The second kappa shape index (κ2) is 5.03. The molecule has 3 heteroatoms. The molecule has 0 aliphatic carbocycles. The third kappa shape index (κ3) is 2.48. The van der Waals surface area contributed by atoms with Crippen LogP contribution in [-0.2, 0) is 21.5 Å². The molecular weight excluding hydrogens is 240 g/mol. The van der Waals surface area contributed by atoms with Crippen molar-refractivity contribution in [1.29, 1.82) is 0 Å². The maximum absolute atomic E-state index is 9.60. The highest BCUT2D eigenvalue weighted by molar-refractivity contribution is 5.33. The maximum atomic E-state index is 9.60. The van der Waals surface area contributed by atoms with Gasteiger partial charge in [0.1, 0.15) is 18.1 Å². The summed E-state index contributed by atoms with van der Waals surface area (Å²) in [6.45, 7) is 0.775. The summed E-state index contributed by atoms with van der Waals surface area (Å²) in [7, 11) is 0. The zero-order valence-electron chi connectivity index (χ0n) is 10.5. The van der Waals surface area contributed by atoms with E-state index in [0.29, 0.717) is 6.61 Å². The Kier molecular flexibility index (Phi) is 3.23. The minimum atomic E-state index is -0.520. The quantitative estimate of drug-likeness (QED) is 0.916. The van der Waals surface area contributed by atoms with Gasteiger partial charge in [0.2, 0.25) is 0 Å². The summed E-state index contributed by atoms with van der Waals surface area (Å²) in [5.41, 5.74) is 1.58. The van der Waals surface area contributed by atoms with Crippen LogP contribution < -0.4 is 0 Å². The van der Waals surface area contributed by atoms with Gasteiger partial charge >= 0.3 is 0 Å². The molecule has 1 heterocycles. The molecule has 2 aromatic carbocycles. The van der Waals surface area contributed by atoms with E-state index in [9.17, 15) is 5.11 Å². The van der Waals surface area contributed by atoms with Gasteiger partial charge in [0.25, 0.3) is 0 Å². The van der Waals surface area contributed by atoms with Gasteiger partial charge in [0.05, 0.1) is 6.61 Å². The van der Waals surface area contributed by atoms with Crippen molar-refractivity contribution in [3.8, 4) is 5.75 Å². The zero-order chi connectivity index (χ0) is 13.1. The van der Waals surface area contributed by atoms with Crippen molar-refractivity contribution >= 4 is 0 Å². The first-order chi connectivity index (χ1) is 9.28. The van der Waals surface area contributed by atoms with Gasteiger partial charge < -0.3 is 14.6 Å². The SMILES string of the molecule is Oc1[c]ccc(C2(Cc3ccccc3)COCO2)c1. The first kappa shape index (κ1) is 12.2. The van der Waals surface area contributed by atoms with Gasteiger partial charge in [-0.15, -0.1) is 0 Å². The fourth-order valence-corrected chi connectivity index (χ4v) is 2.44. The molecule has 1 radical (unpaired) electrons. The predicted octanol–water partition coefficient (Wildman–Crippen LogP) is 2.63. The summed E-state index contributed by atoms with van der Waals surface area (Å²) in [5, 5.41) is 9.60. The van der Waals surface area contributed by atoms with Crippen LogP contribution in [0, 0.1) is 6.07 Å². The zero-order valence-corrected chi connectivity index (χ0v) is 10.5. The average Bonchev–Trinajstić information content (AvgIpc) is 2.90. The normalized spacial score (nSPS) is 22.5. The van der Waals surface area contributed by atoms with E-state index in [0.717, 1.165) is 12.0 Å². The molecule has 2 aromatic rings. The average molecular weight is 255 g/mol. The third-order valence-electron chi connectivity index (χ3n) is 3.40. The summed E-state index contributed by atoms with van der Waals surface area (Å²) in [6.07, 6.45) is 0.720. The number of ether oxygens (including phenoxy) is 2. The topological polar surface area (TPSA) is 38.7 Å². The molecule has 0 amide bonds. The first-order valence-electron chi connectivity index (χ1n) is 6.25. The van der Waals surface area contributed by atoms with Crippen molar-refractivity contribution in [3.63, 3.8) is 0 Å². The number of hydrogen-bond donors (Lipinski definition) is 1. The minimum absolute atomic E-state index is 0.125. The molecule has 1 saturated heterocycles. The summed E-state index contributed by atoms with van der Waals surface area (Å²) >= 11 is 0. The van der Waals surface area contributed by atoms with E-state index in [4.69, 9.17) is 9.47 Å². The molecule has 1 unspecified atom stereocenters. The first-order valence-corrected chi connectivity index (χ1v) is 6.25. The Labute approximate surface area is 112 Å². The van der Waals surface area contributed by atoms with Crippen LogP contribution in [0.25, 0.3) is 0 Å². The monoisotopic (exact) mass is 255 g/mol. The molecule has 1 aliphatic rings. The summed E-state index contributed by atoms with van der Waals surface area (Å²) in [5.74, 6) is 0.125. The largest absolute Gasteiger partial charge is 0.507 e. The molecule has 0 spiro atoms. The molecule has 1 fully saturated rings. The van der Waals surface area contributed by atoms with E-state index >= 15 is 0 Å². The number of aromatic hydroxyl groups is 1. The number of hydrogen-bond acceptors (Lipinski definition) is 3. The van der Waals surface area contributed by atoms with Crippen LogP contribution in [0.15, 0.2) is 48.5 Å². The van der Waals surface area contributed by atoms with E-state index in [-0.39, 0.29) is 12.5 Å². The maximum Gasteiger partial charge on any atom is 0.148 e. The van der Waals surface area contributed by atoms with Crippen LogP contribution in [-0.4, -0.2) is 18.5 Å². The second-order valence-corrected chi connectivity index (χ2v) is 4.73. The van der Waals surface area contributed by atoms with Crippen molar-refractivity contribution in [2.45, 2.75) is 12.0 Å². The molecule has 3 rings (SSSR count). The molecule has 1 N–H and O–H groups in total. The van der Waals surface area contributed by atoms with Gasteiger partial charge in [-0.05, 0) is 17.2 Å². The van der Waals surface area contributed by atoms with Crippen LogP contribution in [0.1, 0.15) is 11.1 Å². The number of phenols is 1. The Hall–Kier alpha value is -1.84.